The number of carbonyl (C=O) groups excluding carboxylic acids is 1. The third kappa shape index (κ3) is 3.14. The molecule has 0 heterocycles. The molecule has 0 N–H and O–H groups in total. The minimum atomic E-state index is -0.463. The first-order chi connectivity index (χ1) is 6.24. The molecule has 4 heteroatoms. The highest BCUT2D eigenvalue weighted by Crippen LogP contribution is 2.22. The number of halogens is 2. The van der Waals surface area contributed by atoms with E-state index in [2.05, 4.69) is 0 Å². The van der Waals surface area contributed by atoms with Gasteiger partial charge in [-0.05, 0) is 18.2 Å². The van der Waals surface area contributed by atoms with Crippen LogP contribution in [-0.4, -0.2) is 12.0 Å². The maximum Gasteiger partial charge on any atom is 0.136 e. The first-order valence-corrected chi connectivity index (χ1v) is 4.74. The Morgan fingerprint density at radius 2 is 2.15 bits per heavy atom. The lowest BCUT2D eigenvalue weighted by Gasteiger charge is -2.00. The van der Waals surface area contributed by atoms with Crippen LogP contribution in [0.15, 0.2) is 23.1 Å². The van der Waals surface area contributed by atoms with Gasteiger partial charge in [0.1, 0.15) is 17.9 Å². The molecule has 70 valence electrons. The molecule has 0 unspecified atom stereocenters. The van der Waals surface area contributed by atoms with Gasteiger partial charge in [-0.3, -0.25) is 0 Å². The predicted molar refractivity (Wildman–Crippen MR) is 47.8 cm³/mol. The van der Waals surface area contributed by atoms with Crippen molar-refractivity contribution in [3.63, 3.8) is 0 Å². The third-order valence-corrected chi connectivity index (χ3v) is 2.45. The standard InChI is InChI=1S/C9H8F2OS/c10-7-2-3-8(11)9(6-7)13-5-1-4-12/h2-4,6H,1,5H2. The molecule has 1 nitrogen and oxygen atoms in total. The molecule has 0 aliphatic rings. The Hall–Kier alpha value is -0.900. The van der Waals surface area contributed by atoms with Gasteiger partial charge in [-0.15, -0.1) is 11.8 Å². The molecule has 1 aromatic carbocycles. The summed E-state index contributed by atoms with van der Waals surface area (Å²) < 4.78 is 25.5. The molecule has 0 fully saturated rings. The molecule has 0 spiro atoms. The molecular formula is C9H8F2OS. The Morgan fingerprint density at radius 1 is 1.38 bits per heavy atom. The van der Waals surface area contributed by atoms with Crippen molar-refractivity contribution in [2.45, 2.75) is 11.3 Å². The van der Waals surface area contributed by atoms with Crippen LogP contribution in [0.25, 0.3) is 0 Å². The van der Waals surface area contributed by atoms with E-state index in [1.807, 2.05) is 0 Å². The Labute approximate surface area is 79.1 Å². The third-order valence-electron chi connectivity index (χ3n) is 1.39. The summed E-state index contributed by atoms with van der Waals surface area (Å²) in [5.41, 5.74) is 0. The molecule has 0 saturated heterocycles. The molecular weight excluding hydrogens is 194 g/mol. The van der Waals surface area contributed by atoms with Gasteiger partial charge >= 0.3 is 0 Å². The Balaban J connectivity index is 2.64. The molecule has 13 heavy (non-hydrogen) atoms. The van der Waals surface area contributed by atoms with Gasteiger partial charge in [0.2, 0.25) is 0 Å². The largest absolute Gasteiger partial charge is 0.303 e. The van der Waals surface area contributed by atoms with Crippen molar-refractivity contribution < 1.29 is 13.6 Å². The first-order valence-electron chi connectivity index (χ1n) is 3.75. The second-order valence-electron chi connectivity index (χ2n) is 2.38. The van der Waals surface area contributed by atoms with E-state index >= 15 is 0 Å². The summed E-state index contributed by atoms with van der Waals surface area (Å²) in [7, 11) is 0. The molecule has 0 bridgehead atoms. The van der Waals surface area contributed by atoms with E-state index in [9.17, 15) is 13.6 Å². The first kappa shape index (κ1) is 10.2. The second kappa shape index (κ2) is 4.97. The van der Waals surface area contributed by atoms with Crippen LogP contribution in [0, 0.1) is 11.6 Å². The van der Waals surface area contributed by atoms with Gasteiger partial charge in [0, 0.05) is 17.1 Å². The monoisotopic (exact) mass is 202 g/mol. The lowest BCUT2D eigenvalue weighted by atomic mass is 10.3. The smallest absolute Gasteiger partial charge is 0.136 e. The topological polar surface area (TPSA) is 17.1 Å². The van der Waals surface area contributed by atoms with Gasteiger partial charge in [-0.2, -0.15) is 0 Å². The second-order valence-corrected chi connectivity index (χ2v) is 3.52. The predicted octanol–water partition coefficient (Wildman–Crippen LogP) is 2.65. The fourth-order valence-electron chi connectivity index (χ4n) is 0.805. The molecule has 0 atom stereocenters. The van der Waals surface area contributed by atoms with Gasteiger partial charge in [0.05, 0.1) is 0 Å². The fourth-order valence-corrected chi connectivity index (χ4v) is 1.64. The number of rotatable bonds is 4. The van der Waals surface area contributed by atoms with E-state index in [1.165, 1.54) is 0 Å². The molecule has 0 saturated carbocycles. The van der Waals surface area contributed by atoms with Crippen LogP contribution in [0.2, 0.25) is 0 Å². The molecule has 0 radical (unpaired) electrons. The summed E-state index contributed by atoms with van der Waals surface area (Å²) in [6.07, 6.45) is 1.10. The summed E-state index contributed by atoms with van der Waals surface area (Å²) in [6.45, 7) is 0. The van der Waals surface area contributed by atoms with Crippen LogP contribution in [0.3, 0.4) is 0 Å². The number of thioether (sulfide) groups is 1. The number of hydrogen-bond acceptors (Lipinski definition) is 2. The number of benzene rings is 1. The fraction of sp³-hybridized carbons (Fsp3) is 0.222. The number of hydrogen-bond donors (Lipinski definition) is 0. The Morgan fingerprint density at radius 3 is 2.85 bits per heavy atom. The summed E-state index contributed by atoms with van der Waals surface area (Å²) in [5.74, 6) is -0.434. The van der Waals surface area contributed by atoms with E-state index < -0.39 is 11.6 Å². The normalized spacial score (nSPS) is 10.0. The summed E-state index contributed by atoms with van der Waals surface area (Å²) in [6, 6.07) is 3.28. The van der Waals surface area contributed by atoms with Crippen LogP contribution in [0.5, 0.6) is 0 Å². The van der Waals surface area contributed by atoms with E-state index in [1.54, 1.807) is 0 Å². The van der Waals surface area contributed by atoms with Crippen LogP contribution in [-0.2, 0) is 4.79 Å². The van der Waals surface area contributed by atoms with Crippen LogP contribution in [0.4, 0.5) is 8.78 Å². The molecule has 0 aromatic heterocycles. The average Bonchev–Trinajstić information content (AvgIpc) is 2.11. The van der Waals surface area contributed by atoms with Gasteiger partial charge < -0.3 is 4.79 Å². The lowest BCUT2D eigenvalue weighted by molar-refractivity contribution is -0.107. The maximum absolute atomic E-state index is 12.9. The highest BCUT2D eigenvalue weighted by Gasteiger charge is 2.03. The molecule has 0 aliphatic carbocycles. The Kier molecular flexibility index (Phi) is 3.89. The summed E-state index contributed by atoms with van der Waals surface area (Å²) in [4.78, 5) is 10.2. The van der Waals surface area contributed by atoms with E-state index in [0.717, 1.165) is 36.2 Å². The van der Waals surface area contributed by atoms with Gasteiger partial charge in [0.15, 0.2) is 0 Å². The van der Waals surface area contributed by atoms with Crippen molar-refractivity contribution in [1.29, 1.82) is 0 Å². The van der Waals surface area contributed by atoms with Gasteiger partial charge in [-0.1, -0.05) is 0 Å². The summed E-state index contributed by atoms with van der Waals surface area (Å²) in [5, 5.41) is 0. The van der Waals surface area contributed by atoms with Gasteiger partial charge in [0.25, 0.3) is 0 Å². The minimum Gasteiger partial charge on any atom is -0.303 e. The van der Waals surface area contributed by atoms with E-state index in [0.29, 0.717) is 12.2 Å². The number of carbonyl (C=O) groups is 1. The molecule has 0 amide bonds. The Bertz CT molecular complexity index is 302. The number of aldehydes is 1. The van der Waals surface area contributed by atoms with Crippen molar-refractivity contribution in [3.05, 3.63) is 29.8 Å². The molecule has 0 aliphatic heterocycles. The summed E-state index contributed by atoms with van der Waals surface area (Å²) >= 11 is 1.14. The highest BCUT2D eigenvalue weighted by molar-refractivity contribution is 7.99. The quantitative estimate of drug-likeness (QED) is 0.424. The van der Waals surface area contributed by atoms with E-state index in [-0.39, 0.29) is 4.90 Å². The zero-order valence-corrected chi connectivity index (χ0v) is 7.61. The van der Waals surface area contributed by atoms with Crippen molar-refractivity contribution in [3.8, 4) is 0 Å². The molecule has 1 aromatic rings. The van der Waals surface area contributed by atoms with Crippen molar-refractivity contribution in [2.24, 2.45) is 0 Å². The van der Waals surface area contributed by atoms with Crippen LogP contribution in [0.1, 0.15) is 6.42 Å². The minimum absolute atomic E-state index is 0.252. The molecule has 1 rings (SSSR count). The highest BCUT2D eigenvalue weighted by atomic mass is 32.2. The zero-order chi connectivity index (χ0) is 9.68. The maximum atomic E-state index is 12.9. The van der Waals surface area contributed by atoms with E-state index in [4.69, 9.17) is 0 Å². The van der Waals surface area contributed by atoms with Crippen molar-refractivity contribution in [1.82, 2.24) is 0 Å². The van der Waals surface area contributed by atoms with Crippen molar-refractivity contribution >= 4 is 18.0 Å². The van der Waals surface area contributed by atoms with Crippen LogP contribution < -0.4 is 0 Å². The zero-order valence-electron chi connectivity index (χ0n) is 6.80. The van der Waals surface area contributed by atoms with Crippen molar-refractivity contribution in [2.75, 3.05) is 5.75 Å². The van der Waals surface area contributed by atoms with Gasteiger partial charge in [-0.25, -0.2) is 8.78 Å². The SMILES string of the molecule is O=CCCSc1cc(F)ccc1F. The lowest BCUT2D eigenvalue weighted by Crippen LogP contribution is -1.86. The van der Waals surface area contributed by atoms with Crippen LogP contribution >= 0.6 is 11.8 Å². The average molecular weight is 202 g/mol.